The minimum absolute atomic E-state index is 0.224. The van der Waals surface area contributed by atoms with Crippen molar-refractivity contribution < 1.29 is 36.3 Å². The number of para-hydroxylation sites is 1. The molecule has 0 heterocycles. The molecular formula is C33H36Cl2F5N3O3. The van der Waals surface area contributed by atoms with E-state index < -0.39 is 60.4 Å². The number of benzene rings is 3. The molecule has 2 unspecified atom stereocenters. The van der Waals surface area contributed by atoms with Gasteiger partial charge in [-0.15, -0.1) is 0 Å². The van der Waals surface area contributed by atoms with Gasteiger partial charge in [0.05, 0.1) is 10.0 Å². The van der Waals surface area contributed by atoms with Crippen LogP contribution in [0.1, 0.15) is 37.5 Å². The molecule has 46 heavy (non-hydrogen) atoms. The summed E-state index contributed by atoms with van der Waals surface area (Å²) in [5, 5.41) is 5.09. The first-order valence-electron chi connectivity index (χ1n) is 14.6. The lowest BCUT2D eigenvalue weighted by atomic mass is 9.78. The predicted octanol–water partition coefficient (Wildman–Crippen LogP) is 7.19. The van der Waals surface area contributed by atoms with Gasteiger partial charge in [0.1, 0.15) is 18.4 Å². The zero-order valence-corrected chi connectivity index (χ0v) is 26.7. The molecule has 4 atom stereocenters. The van der Waals surface area contributed by atoms with Crippen LogP contribution in [0.5, 0.6) is 5.75 Å². The third-order valence-electron chi connectivity index (χ3n) is 7.39. The van der Waals surface area contributed by atoms with Gasteiger partial charge in [0.2, 0.25) is 5.78 Å². The largest absolute Gasteiger partial charge is 0.486 e. The van der Waals surface area contributed by atoms with Gasteiger partial charge in [0, 0.05) is 24.4 Å². The molecule has 0 aromatic heterocycles. The van der Waals surface area contributed by atoms with Crippen molar-refractivity contribution in [1.82, 2.24) is 10.6 Å². The molecule has 0 saturated heterocycles. The number of alkyl halides is 5. The Morgan fingerprint density at radius 1 is 0.891 bits per heavy atom. The number of amides is 1. The molecule has 0 spiro atoms. The Kier molecular flexibility index (Phi) is 13.4. The van der Waals surface area contributed by atoms with Crippen LogP contribution in [0, 0.1) is 11.8 Å². The molecular weight excluding hydrogens is 652 g/mol. The number of nitrogens with two attached hydrogens (primary N) is 1. The lowest BCUT2D eigenvalue weighted by Gasteiger charge is -2.35. The maximum Gasteiger partial charge on any atom is 0.405 e. The van der Waals surface area contributed by atoms with Gasteiger partial charge in [-0.3, -0.25) is 9.59 Å². The molecule has 0 saturated carbocycles. The van der Waals surface area contributed by atoms with E-state index in [9.17, 15) is 22.8 Å². The first-order chi connectivity index (χ1) is 21.6. The van der Waals surface area contributed by atoms with E-state index in [2.05, 4.69) is 5.32 Å². The average Bonchev–Trinajstić information content (AvgIpc) is 3.00. The van der Waals surface area contributed by atoms with Crippen LogP contribution in [0.3, 0.4) is 0 Å². The topological polar surface area (TPSA) is 93.5 Å². The van der Waals surface area contributed by atoms with Crippen molar-refractivity contribution in [3.8, 4) is 5.75 Å². The molecule has 4 N–H and O–H groups in total. The van der Waals surface area contributed by atoms with Crippen molar-refractivity contribution in [2.24, 2.45) is 17.6 Å². The molecule has 250 valence electrons. The van der Waals surface area contributed by atoms with Crippen LogP contribution in [0.2, 0.25) is 10.0 Å². The maximum atomic E-state index is 15.0. The fourth-order valence-corrected chi connectivity index (χ4v) is 5.37. The van der Waals surface area contributed by atoms with Gasteiger partial charge < -0.3 is 21.1 Å². The van der Waals surface area contributed by atoms with Crippen molar-refractivity contribution >= 4 is 34.9 Å². The quantitative estimate of drug-likeness (QED) is 0.110. The Labute approximate surface area is 274 Å². The number of Topliss-reactive ketones (excluding diaryl/α,β-unsaturated/α-hetero) is 1. The first kappa shape index (κ1) is 37.2. The Morgan fingerprint density at radius 3 is 2.07 bits per heavy atom. The summed E-state index contributed by atoms with van der Waals surface area (Å²) in [6.45, 7) is 1.21. The summed E-state index contributed by atoms with van der Waals surface area (Å²) < 4.78 is 74.0. The predicted molar refractivity (Wildman–Crippen MR) is 168 cm³/mol. The summed E-state index contributed by atoms with van der Waals surface area (Å²) in [5.74, 6) is -10.7. The number of nitrogens with one attached hydrogen (secondary N) is 2. The third kappa shape index (κ3) is 10.7. The minimum atomic E-state index is -4.94. The van der Waals surface area contributed by atoms with E-state index in [-0.39, 0.29) is 13.0 Å². The highest BCUT2D eigenvalue weighted by Gasteiger charge is 2.53. The standard InChI is InChI=1S/C33H36Cl2F5N3O3/c1-20(2)28(30(44)33(39,40)31(45)43-19-32(36,37)38)29(41)26(17-21-9-5-3-6-10-21)42-16-15-27(46-23-11-7-4-8-12-23)22-13-14-24(34)25(35)18-22/h3-14,18,20,26-29,42H,15-17,19,41H2,1-2H3,(H,43,45)/t26-,27?,28-,29?/m0/s1. The van der Waals surface area contributed by atoms with Gasteiger partial charge in [-0.05, 0) is 54.3 Å². The van der Waals surface area contributed by atoms with E-state index in [1.807, 2.05) is 30.3 Å². The molecule has 1 amide bonds. The summed E-state index contributed by atoms with van der Waals surface area (Å²) in [5.41, 5.74) is 8.07. The van der Waals surface area contributed by atoms with Gasteiger partial charge >= 0.3 is 12.1 Å². The highest BCUT2D eigenvalue weighted by molar-refractivity contribution is 6.42. The molecule has 0 fully saturated rings. The maximum absolute atomic E-state index is 15.0. The summed E-state index contributed by atoms with van der Waals surface area (Å²) >= 11 is 12.4. The van der Waals surface area contributed by atoms with Crippen molar-refractivity contribution in [2.45, 2.75) is 57.0 Å². The normalized spacial score (nSPS) is 14.8. The van der Waals surface area contributed by atoms with Crippen LogP contribution < -0.4 is 21.1 Å². The van der Waals surface area contributed by atoms with Crippen LogP contribution in [0.25, 0.3) is 0 Å². The number of hydrogen-bond acceptors (Lipinski definition) is 5. The Morgan fingerprint density at radius 2 is 1.50 bits per heavy atom. The number of ether oxygens (including phenoxy) is 1. The van der Waals surface area contributed by atoms with Crippen LogP contribution in [0.15, 0.2) is 78.9 Å². The molecule has 3 aromatic rings. The van der Waals surface area contributed by atoms with Gasteiger partial charge in [-0.2, -0.15) is 22.0 Å². The van der Waals surface area contributed by atoms with Gasteiger partial charge in [0.15, 0.2) is 0 Å². The second-order valence-electron chi connectivity index (χ2n) is 11.2. The third-order valence-corrected chi connectivity index (χ3v) is 8.13. The molecule has 3 rings (SSSR count). The molecule has 0 bridgehead atoms. The van der Waals surface area contributed by atoms with E-state index in [0.29, 0.717) is 22.2 Å². The number of carbonyl (C=O) groups is 2. The summed E-state index contributed by atoms with van der Waals surface area (Å²) in [6, 6.07) is 21.1. The van der Waals surface area contributed by atoms with Gasteiger partial charge in [-0.1, -0.05) is 91.6 Å². The van der Waals surface area contributed by atoms with E-state index in [1.54, 1.807) is 48.5 Å². The highest BCUT2D eigenvalue weighted by atomic mass is 35.5. The van der Waals surface area contributed by atoms with Gasteiger partial charge in [-0.25, -0.2) is 0 Å². The molecule has 13 heteroatoms. The van der Waals surface area contributed by atoms with Crippen molar-refractivity contribution in [3.05, 3.63) is 100 Å². The lowest BCUT2D eigenvalue weighted by molar-refractivity contribution is -0.167. The van der Waals surface area contributed by atoms with E-state index >= 15 is 8.78 Å². The zero-order valence-electron chi connectivity index (χ0n) is 25.2. The Balaban J connectivity index is 1.86. The number of ketones is 1. The summed E-state index contributed by atoms with van der Waals surface area (Å²) in [6.07, 6.45) is -4.89. The lowest BCUT2D eigenvalue weighted by Crippen LogP contribution is -2.59. The number of halogens is 7. The monoisotopic (exact) mass is 687 g/mol. The van der Waals surface area contributed by atoms with E-state index in [4.69, 9.17) is 33.7 Å². The number of hydrogen-bond donors (Lipinski definition) is 3. The van der Waals surface area contributed by atoms with Crippen LogP contribution in [0.4, 0.5) is 22.0 Å². The first-order valence-corrected chi connectivity index (χ1v) is 15.3. The average molecular weight is 689 g/mol. The summed E-state index contributed by atoms with van der Waals surface area (Å²) in [4.78, 5) is 25.2. The van der Waals surface area contributed by atoms with E-state index in [1.165, 1.54) is 13.8 Å². The Hall–Kier alpha value is -3.25. The van der Waals surface area contributed by atoms with Crippen LogP contribution in [-0.2, 0) is 16.0 Å². The molecule has 0 aliphatic rings. The fraction of sp³-hybridized carbons (Fsp3) is 0.394. The smallest absolute Gasteiger partial charge is 0.405 e. The molecule has 0 aliphatic heterocycles. The van der Waals surface area contributed by atoms with Crippen molar-refractivity contribution in [3.63, 3.8) is 0 Å². The van der Waals surface area contributed by atoms with E-state index in [0.717, 1.165) is 16.4 Å². The Bertz CT molecular complexity index is 1430. The zero-order chi connectivity index (χ0) is 34.1. The fourth-order valence-electron chi connectivity index (χ4n) is 5.07. The second kappa shape index (κ2) is 16.5. The highest BCUT2D eigenvalue weighted by Crippen LogP contribution is 2.31. The molecule has 0 aliphatic carbocycles. The van der Waals surface area contributed by atoms with Crippen molar-refractivity contribution in [2.75, 3.05) is 13.1 Å². The van der Waals surface area contributed by atoms with Gasteiger partial charge in [0.25, 0.3) is 5.91 Å². The molecule has 6 nitrogen and oxygen atoms in total. The van der Waals surface area contributed by atoms with Crippen molar-refractivity contribution in [1.29, 1.82) is 0 Å². The SMILES string of the molecule is CC(C)[C@H](C(=O)C(F)(F)C(=O)NCC(F)(F)F)C(N)[C@H](Cc1ccccc1)NCCC(Oc1ccccc1)c1ccc(Cl)c(Cl)c1. The number of rotatable bonds is 16. The summed E-state index contributed by atoms with van der Waals surface area (Å²) in [7, 11) is 0. The molecule has 3 aromatic carbocycles. The molecule has 0 radical (unpaired) electrons. The van der Waals surface area contributed by atoms with Crippen LogP contribution >= 0.6 is 23.2 Å². The minimum Gasteiger partial charge on any atom is -0.486 e. The second-order valence-corrected chi connectivity index (χ2v) is 12.0. The number of carbonyl (C=O) groups excluding carboxylic acids is 2. The van der Waals surface area contributed by atoms with Crippen LogP contribution in [-0.4, -0.2) is 49.0 Å².